The van der Waals surface area contributed by atoms with Crippen LogP contribution in [0.2, 0.25) is 0 Å². The zero-order valence-electron chi connectivity index (χ0n) is 7.05. The zero-order valence-corrected chi connectivity index (χ0v) is 7.05. The van der Waals surface area contributed by atoms with Crippen LogP contribution in [-0.4, -0.2) is 21.8 Å². The van der Waals surface area contributed by atoms with Gasteiger partial charge in [-0.25, -0.2) is 4.79 Å². The lowest BCUT2D eigenvalue weighted by molar-refractivity contribution is -0.202. The van der Waals surface area contributed by atoms with Crippen LogP contribution in [0.15, 0.2) is 0 Å². The highest BCUT2D eigenvalue weighted by Gasteiger charge is 2.63. The fourth-order valence-corrected chi connectivity index (χ4v) is 2.76. The van der Waals surface area contributed by atoms with Crippen LogP contribution in [0.25, 0.3) is 0 Å². The lowest BCUT2D eigenvalue weighted by atomic mass is 9.55. The van der Waals surface area contributed by atoms with Crippen LogP contribution in [0.4, 0.5) is 0 Å². The second-order valence-electron chi connectivity index (χ2n) is 4.15. The van der Waals surface area contributed by atoms with Crippen molar-refractivity contribution in [2.45, 2.75) is 44.1 Å². The fraction of sp³-hybridized carbons (Fsp3) is 0.889. The summed E-state index contributed by atoms with van der Waals surface area (Å²) in [6.07, 6.45) is 5.30. The number of rotatable bonds is 1. The number of hydrogen-bond acceptors (Lipinski definition) is 2. The summed E-state index contributed by atoms with van der Waals surface area (Å²) in [6, 6.07) is 0. The average Bonchev–Trinajstić information content (AvgIpc) is 2.50. The van der Waals surface area contributed by atoms with Gasteiger partial charge in [-0.15, -0.1) is 0 Å². The minimum absolute atomic E-state index is 0.251. The van der Waals surface area contributed by atoms with E-state index >= 15 is 0 Å². The highest BCUT2D eigenvalue weighted by molar-refractivity contribution is 5.80. The molecule has 12 heavy (non-hydrogen) atoms. The second-order valence-corrected chi connectivity index (χ2v) is 4.15. The van der Waals surface area contributed by atoms with Crippen molar-refractivity contribution in [1.29, 1.82) is 0 Å². The molecule has 2 N–H and O–H groups in total. The van der Waals surface area contributed by atoms with Crippen LogP contribution in [0.5, 0.6) is 0 Å². The number of carboxylic acids is 1. The van der Waals surface area contributed by atoms with Crippen molar-refractivity contribution in [1.82, 2.24) is 0 Å². The molecule has 0 aromatic carbocycles. The smallest absolute Gasteiger partial charge is 0.336 e. The van der Waals surface area contributed by atoms with Crippen molar-refractivity contribution in [3.63, 3.8) is 0 Å². The largest absolute Gasteiger partial charge is 0.479 e. The first kappa shape index (κ1) is 8.05. The molecule has 0 radical (unpaired) electrons. The molecular weight excluding hydrogens is 156 g/mol. The van der Waals surface area contributed by atoms with E-state index in [4.69, 9.17) is 5.11 Å². The number of carbonyl (C=O) groups is 1. The van der Waals surface area contributed by atoms with Gasteiger partial charge in [0.2, 0.25) is 0 Å². The number of aliphatic carboxylic acids is 1. The maximum Gasteiger partial charge on any atom is 0.336 e. The van der Waals surface area contributed by atoms with E-state index in [-0.39, 0.29) is 5.41 Å². The van der Waals surface area contributed by atoms with E-state index in [0.29, 0.717) is 6.42 Å². The molecule has 2 fully saturated rings. The summed E-state index contributed by atoms with van der Waals surface area (Å²) in [5, 5.41) is 18.7. The van der Waals surface area contributed by atoms with Gasteiger partial charge in [0.1, 0.15) is 0 Å². The fourth-order valence-electron chi connectivity index (χ4n) is 2.76. The van der Waals surface area contributed by atoms with E-state index in [1.54, 1.807) is 0 Å². The van der Waals surface area contributed by atoms with Crippen molar-refractivity contribution >= 4 is 5.97 Å². The van der Waals surface area contributed by atoms with Gasteiger partial charge in [0.05, 0.1) is 0 Å². The van der Waals surface area contributed by atoms with Crippen LogP contribution in [0.3, 0.4) is 0 Å². The van der Waals surface area contributed by atoms with E-state index in [0.717, 1.165) is 32.1 Å². The van der Waals surface area contributed by atoms with E-state index in [1.807, 2.05) is 0 Å². The summed E-state index contributed by atoms with van der Waals surface area (Å²) in [5.41, 5.74) is -1.64. The van der Waals surface area contributed by atoms with Gasteiger partial charge in [0.15, 0.2) is 5.60 Å². The SMILES string of the molecule is O=C(O)C1(O)CCC12CCCC2. The second kappa shape index (κ2) is 2.22. The van der Waals surface area contributed by atoms with Gasteiger partial charge in [-0.05, 0) is 25.7 Å². The first-order chi connectivity index (χ1) is 5.61. The van der Waals surface area contributed by atoms with Crippen molar-refractivity contribution in [3.8, 4) is 0 Å². The Morgan fingerprint density at radius 1 is 1.08 bits per heavy atom. The predicted molar refractivity (Wildman–Crippen MR) is 42.7 cm³/mol. The van der Waals surface area contributed by atoms with Crippen LogP contribution in [0, 0.1) is 5.41 Å². The van der Waals surface area contributed by atoms with Crippen LogP contribution >= 0.6 is 0 Å². The quantitative estimate of drug-likeness (QED) is 0.620. The minimum Gasteiger partial charge on any atom is -0.479 e. The normalized spacial score (nSPS) is 38.1. The van der Waals surface area contributed by atoms with Gasteiger partial charge in [0.25, 0.3) is 0 Å². The Bertz CT molecular complexity index is 218. The zero-order chi connectivity index (χ0) is 8.82. The van der Waals surface area contributed by atoms with Gasteiger partial charge < -0.3 is 10.2 Å². The Labute approximate surface area is 71.4 Å². The lowest BCUT2D eigenvalue weighted by Gasteiger charge is -2.51. The number of carboxylic acid groups (broad SMARTS) is 1. The Hall–Kier alpha value is -0.570. The molecule has 2 rings (SSSR count). The average molecular weight is 170 g/mol. The van der Waals surface area contributed by atoms with Gasteiger partial charge in [-0.2, -0.15) is 0 Å². The molecule has 0 aromatic rings. The molecule has 2 aliphatic rings. The van der Waals surface area contributed by atoms with Gasteiger partial charge in [-0.1, -0.05) is 12.8 Å². The molecule has 68 valence electrons. The Balaban J connectivity index is 2.23. The van der Waals surface area contributed by atoms with Gasteiger partial charge in [-0.3, -0.25) is 0 Å². The third-order valence-corrected chi connectivity index (χ3v) is 3.76. The summed E-state index contributed by atoms with van der Waals surface area (Å²) in [5.74, 6) is -1.02. The number of hydrogen-bond donors (Lipinski definition) is 2. The molecule has 2 aliphatic carbocycles. The third kappa shape index (κ3) is 0.724. The van der Waals surface area contributed by atoms with Gasteiger partial charge >= 0.3 is 5.97 Å². The van der Waals surface area contributed by atoms with Crippen molar-refractivity contribution in [2.24, 2.45) is 5.41 Å². The molecule has 2 saturated carbocycles. The Morgan fingerprint density at radius 2 is 1.67 bits per heavy atom. The molecule has 3 nitrogen and oxygen atoms in total. The standard InChI is InChI=1S/C9H14O3/c10-7(11)9(12)6-5-8(9)3-1-2-4-8/h12H,1-6H2,(H,10,11). The first-order valence-electron chi connectivity index (χ1n) is 4.57. The Morgan fingerprint density at radius 3 is 2.00 bits per heavy atom. The summed E-state index contributed by atoms with van der Waals surface area (Å²) >= 11 is 0. The topological polar surface area (TPSA) is 57.5 Å². The van der Waals surface area contributed by atoms with Crippen LogP contribution in [-0.2, 0) is 4.79 Å². The van der Waals surface area contributed by atoms with E-state index in [1.165, 1.54) is 0 Å². The highest BCUT2D eigenvalue weighted by atomic mass is 16.4. The Kier molecular flexibility index (Phi) is 1.49. The molecule has 0 amide bonds. The van der Waals surface area contributed by atoms with Crippen LogP contribution in [0.1, 0.15) is 38.5 Å². The molecule has 3 heteroatoms. The molecule has 0 aromatic heterocycles. The summed E-state index contributed by atoms with van der Waals surface area (Å²) in [7, 11) is 0. The van der Waals surface area contributed by atoms with Crippen molar-refractivity contribution in [3.05, 3.63) is 0 Å². The highest BCUT2D eigenvalue weighted by Crippen LogP contribution is 2.59. The maximum atomic E-state index is 10.8. The number of aliphatic hydroxyl groups is 1. The van der Waals surface area contributed by atoms with Crippen molar-refractivity contribution in [2.75, 3.05) is 0 Å². The molecule has 1 spiro atoms. The molecule has 0 heterocycles. The molecule has 1 atom stereocenters. The maximum absolute atomic E-state index is 10.8. The summed E-state index contributed by atoms with van der Waals surface area (Å²) < 4.78 is 0. The molecule has 0 bridgehead atoms. The summed E-state index contributed by atoms with van der Waals surface area (Å²) in [6.45, 7) is 0. The summed E-state index contributed by atoms with van der Waals surface area (Å²) in [4.78, 5) is 10.8. The monoisotopic (exact) mass is 170 g/mol. The first-order valence-corrected chi connectivity index (χ1v) is 4.57. The molecule has 0 aliphatic heterocycles. The third-order valence-electron chi connectivity index (χ3n) is 3.76. The molecule has 1 unspecified atom stereocenters. The van der Waals surface area contributed by atoms with E-state index < -0.39 is 11.6 Å². The van der Waals surface area contributed by atoms with Crippen LogP contribution < -0.4 is 0 Å². The predicted octanol–water partition coefficient (Wildman–Crippen LogP) is 1.16. The van der Waals surface area contributed by atoms with E-state index in [2.05, 4.69) is 0 Å². The lowest BCUT2D eigenvalue weighted by Crippen LogP contribution is -2.61. The van der Waals surface area contributed by atoms with Gasteiger partial charge in [0, 0.05) is 5.41 Å². The molecule has 0 saturated heterocycles. The minimum atomic E-state index is -1.39. The molecular formula is C9H14O3. The van der Waals surface area contributed by atoms with Crippen molar-refractivity contribution < 1.29 is 15.0 Å². The van der Waals surface area contributed by atoms with E-state index in [9.17, 15) is 9.90 Å².